The lowest BCUT2D eigenvalue weighted by molar-refractivity contribution is 0.100. The van der Waals surface area contributed by atoms with E-state index in [2.05, 4.69) is 56.1 Å². The molecule has 1 aromatic heterocycles. The molecule has 182 valence electrons. The summed E-state index contributed by atoms with van der Waals surface area (Å²) in [5, 5.41) is 7.29. The lowest BCUT2D eigenvalue weighted by Gasteiger charge is -2.31. The topological polar surface area (TPSA) is 83.3 Å². The van der Waals surface area contributed by atoms with Crippen molar-refractivity contribution in [3.63, 3.8) is 0 Å². The number of hydrogen-bond donors (Lipinski definition) is 3. The van der Waals surface area contributed by atoms with Crippen LogP contribution < -0.4 is 16.4 Å². The Bertz CT molecular complexity index is 1180. The van der Waals surface area contributed by atoms with E-state index in [4.69, 9.17) is 5.73 Å². The average molecular weight is 492 g/mol. The summed E-state index contributed by atoms with van der Waals surface area (Å²) < 4.78 is 16.5. The molecule has 35 heavy (non-hydrogen) atoms. The summed E-state index contributed by atoms with van der Waals surface area (Å²) in [4.78, 5) is 16.2. The van der Waals surface area contributed by atoms with Crippen molar-refractivity contribution in [2.24, 2.45) is 5.73 Å². The lowest BCUT2D eigenvalue weighted by atomic mass is 9.90. The van der Waals surface area contributed by atoms with Crippen LogP contribution in [0.1, 0.15) is 53.1 Å². The Kier molecular flexibility index (Phi) is 7.20. The van der Waals surface area contributed by atoms with Crippen LogP contribution in [-0.2, 0) is 6.54 Å². The standard InChI is InChI=1S/C27H30FN5OS/c28-24-4-2-1-3-20(24)16-30-25-15-26(31-17-23(25)27(29)34)32-21-7-5-18(6-8-21)19-11-13-33(14-12-19)35-22-9-10-22/h1-8,15,17,19,22H,9-14,16H2,(H2,29,34)(H2,30,31,32). The van der Waals surface area contributed by atoms with Crippen molar-refractivity contribution >= 4 is 35.0 Å². The number of nitrogens with one attached hydrogen (secondary N) is 2. The zero-order chi connectivity index (χ0) is 24.2. The SMILES string of the molecule is NC(=O)c1cnc(Nc2ccc(C3CCN(SC4CC4)CC3)cc2)cc1NCc1ccccc1F. The zero-order valence-corrected chi connectivity index (χ0v) is 20.4. The number of aromatic nitrogens is 1. The first-order valence-electron chi connectivity index (χ1n) is 12.1. The van der Waals surface area contributed by atoms with E-state index in [0.29, 0.717) is 23.0 Å². The molecular formula is C27H30FN5OS. The highest BCUT2D eigenvalue weighted by Gasteiger charge is 2.28. The molecule has 8 heteroatoms. The van der Waals surface area contributed by atoms with Gasteiger partial charge in [0.2, 0.25) is 0 Å². The van der Waals surface area contributed by atoms with Crippen LogP contribution in [0.2, 0.25) is 0 Å². The van der Waals surface area contributed by atoms with E-state index < -0.39 is 5.91 Å². The summed E-state index contributed by atoms with van der Waals surface area (Å²) >= 11 is 2.06. The number of benzene rings is 2. The van der Waals surface area contributed by atoms with Gasteiger partial charge in [0, 0.05) is 48.4 Å². The molecule has 0 unspecified atom stereocenters. The van der Waals surface area contributed by atoms with E-state index in [1.54, 1.807) is 24.3 Å². The van der Waals surface area contributed by atoms with Gasteiger partial charge in [-0.3, -0.25) is 9.10 Å². The lowest BCUT2D eigenvalue weighted by Crippen LogP contribution is -2.28. The first kappa shape index (κ1) is 23.6. The number of anilines is 3. The molecule has 6 nitrogen and oxygen atoms in total. The monoisotopic (exact) mass is 491 g/mol. The number of carbonyl (C=O) groups is 1. The summed E-state index contributed by atoms with van der Waals surface area (Å²) in [6, 6.07) is 16.8. The summed E-state index contributed by atoms with van der Waals surface area (Å²) in [6.45, 7) is 2.54. The Labute approximate surface area is 209 Å². The van der Waals surface area contributed by atoms with E-state index in [1.807, 2.05) is 0 Å². The van der Waals surface area contributed by atoms with Crippen LogP contribution in [0.3, 0.4) is 0 Å². The van der Waals surface area contributed by atoms with E-state index in [9.17, 15) is 9.18 Å². The minimum absolute atomic E-state index is 0.225. The number of amides is 1. The van der Waals surface area contributed by atoms with Gasteiger partial charge in [-0.2, -0.15) is 0 Å². The fourth-order valence-corrected chi connectivity index (χ4v) is 5.55. The molecule has 0 radical (unpaired) electrons. The second-order valence-corrected chi connectivity index (χ2v) is 10.6. The van der Waals surface area contributed by atoms with Crippen LogP contribution in [0.5, 0.6) is 0 Å². The molecule has 2 aliphatic rings. The van der Waals surface area contributed by atoms with Gasteiger partial charge in [-0.05, 0) is 55.4 Å². The molecular weight excluding hydrogens is 461 g/mol. The predicted molar refractivity (Wildman–Crippen MR) is 140 cm³/mol. The van der Waals surface area contributed by atoms with Crippen molar-refractivity contribution in [1.29, 1.82) is 0 Å². The van der Waals surface area contributed by atoms with E-state index in [-0.39, 0.29) is 17.9 Å². The average Bonchev–Trinajstić information content (AvgIpc) is 3.69. The molecule has 2 aromatic carbocycles. The quantitative estimate of drug-likeness (QED) is 0.335. The number of nitrogens with zero attached hydrogens (tertiary/aromatic N) is 2. The molecule has 1 aliphatic carbocycles. The Morgan fingerprint density at radius 2 is 1.83 bits per heavy atom. The third-order valence-electron chi connectivity index (χ3n) is 6.53. The van der Waals surface area contributed by atoms with Gasteiger partial charge in [0.15, 0.2) is 0 Å². The number of piperidine rings is 1. The molecule has 1 saturated heterocycles. The van der Waals surface area contributed by atoms with Gasteiger partial charge in [0.05, 0.1) is 11.3 Å². The second kappa shape index (κ2) is 10.7. The van der Waals surface area contributed by atoms with E-state index >= 15 is 0 Å². The molecule has 3 aromatic rings. The third-order valence-corrected chi connectivity index (χ3v) is 7.96. The van der Waals surface area contributed by atoms with Crippen LogP contribution in [0.15, 0.2) is 60.8 Å². The smallest absolute Gasteiger partial charge is 0.252 e. The number of hydrogen-bond acceptors (Lipinski definition) is 6. The maximum Gasteiger partial charge on any atom is 0.252 e. The van der Waals surface area contributed by atoms with Crippen molar-refractivity contribution in [3.8, 4) is 0 Å². The van der Waals surface area contributed by atoms with Gasteiger partial charge in [0.25, 0.3) is 5.91 Å². The molecule has 1 saturated carbocycles. The highest BCUT2D eigenvalue weighted by Crippen LogP contribution is 2.39. The Hall–Kier alpha value is -3.10. The number of halogens is 1. The first-order chi connectivity index (χ1) is 17.0. The second-order valence-electron chi connectivity index (χ2n) is 9.18. The van der Waals surface area contributed by atoms with Crippen molar-refractivity contribution in [2.75, 3.05) is 23.7 Å². The summed E-state index contributed by atoms with van der Waals surface area (Å²) in [5.74, 6) is 0.276. The van der Waals surface area contributed by atoms with Crippen molar-refractivity contribution in [3.05, 3.63) is 83.3 Å². The van der Waals surface area contributed by atoms with Crippen LogP contribution in [-0.4, -0.2) is 33.5 Å². The molecule has 1 aliphatic heterocycles. The van der Waals surface area contributed by atoms with Crippen LogP contribution in [0.25, 0.3) is 0 Å². The van der Waals surface area contributed by atoms with E-state index in [0.717, 1.165) is 24.0 Å². The number of nitrogens with two attached hydrogens (primary N) is 1. The summed E-state index contributed by atoms with van der Waals surface area (Å²) in [6.07, 6.45) is 6.58. The third kappa shape index (κ3) is 6.13. The molecule has 0 atom stereocenters. The minimum atomic E-state index is -0.592. The van der Waals surface area contributed by atoms with Gasteiger partial charge >= 0.3 is 0 Å². The van der Waals surface area contributed by atoms with Crippen LogP contribution in [0.4, 0.5) is 21.6 Å². The molecule has 2 fully saturated rings. The maximum atomic E-state index is 14.0. The van der Waals surface area contributed by atoms with Gasteiger partial charge in [0.1, 0.15) is 11.6 Å². The van der Waals surface area contributed by atoms with Crippen molar-refractivity contribution in [2.45, 2.75) is 43.4 Å². The van der Waals surface area contributed by atoms with Crippen LogP contribution in [0, 0.1) is 5.82 Å². The summed E-state index contributed by atoms with van der Waals surface area (Å²) in [7, 11) is 0. The van der Waals surface area contributed by atoms with Crippen molar-refractivity contribution < 1.29 is 9.18 Å². The minimum Gasteiger partial charge on any atom is -0.380 e. The Balaban J connectivity index is 1.22. The van der Waals surface area contributed by atoms with Gasteiger partial charge in [-0.25, -0.2) is 9.37 Å². The number of rotatable bonds is 9. The predicted octanol–water partition coefficient (Wildman–Crippen LogP) is 5.67. The fourth-order valence-electron chi connectivity index (χ4n) is 4.36. The first-order valence-corrected chi connectivity index (χ1v) is 12.9. The number of primary amides is 1. The highest BCUT2D eigenvalue weighted by molar-refractivity contribution is 7.97. The molecule has 4 N–H and O–H groups in total. The van der Waals surface area contributed by atoms with Crippen LogP contribution >= 0.6 is 11.9 Å². The van der Waals surface area contributed by atoms with Gasteiger partial charge in [-0.15, -0.1) is 0 Å². The van der Waals surface area contributed by atoms with Gasteiger partial charge < -0.3 is 16.4 Å². The molecule has 0 spiro atoms. The molecule has 1 amide bonds. The zero-order valence-electron chi connectivity index (χ0n) is 19.5. The molecule has 0 bridgehead atoms. The summed E-state index contributed by atoms with van der Waals surface area (Å²) in [5.41, 5.74) is 9.07. The Morgan fingerprint density at radius 1 is 1.09 bits per heavy atom. The largest absolute Gasteiger partial charge is 0.380 e. The molecule has 2 heterocycles. The highest BCUT2D eigenvalue weighted by atomic mass is 32.2. The maximum absolute atomic E-state index is 14.0. The van der Waals surface area contributed by atoms with Crippen molar-refractivity contribution in [1.82, 2.24) is 9.29 Å². The number of pyridine rings is 1. The van der Waals surface area contributed by atoms with E-state index in [1.165, 1.54) is 43.5 Å². The van der Waals surface area contributed by atoms with Gasteiger partial charge in [-0.1, -0.05) is 42.3 Å². The fraction of sp³-hybridized carbons (Fsp3) is 0.333. The number of carbonyl (C=O) groups excluding carboxylic acids is 1. The molecule has 5 rings (SSSR count). The normalized spacial score (nSPS) is 16.7. The Morgan fingerprint density at radius 3 is 2.51 bits per heavy atom.